The van der Waals surface area contributed by atoms with Crippen LogP contribution in [0.1, 0.15) is 5.56 Å². The molecule has 1 heterocycles. The summed E-state index contributed by atoms with van der Waals surface area (Å²) in [6, 6.07) is 1.02. The van der Waals surface area contributed by atoms with Crippen LogP contribution in [0.5, 0.6) is 0 Å². The Morgan fingerprint density at radius 2 is 2.12 bits per heavy atom. The quantitative estimate of drug-likeness (QED) is 0.282. The van der Waals surface area contributed by atoms with Gasteiger partial charge < -0.3 is 4.74 Å². The molecular weight excluding hydrogens is 362 g/mol. The van der Waals surface area contributed by atoms with Gasteiger partial charge in [0.25, 0.3) is 5.91 Å². The lowest BCUT2D eigenvalue weighted by Gasteiger charge is -1.98. The van der Waals surface area contributed by atoms with E-state index in [2.05, 4.69) is 20.3 Å². The Bertz CT molecular complexity index is 853. The fourth-order valence-corrected chi connectivity index (χ4v) is 2.32. The number of carbonyl (C=O) groups is 2. The lowest BCUT2D eigenvalue weighted by Crippen LogP contribution is -2.19. The first-order valence-corrected chi connectivity index (χ1v) is 7.16. The van der Waals surface area contributed by atoms with E-state index < -0.39 is 34.1 Å². The minimum atomic E-state index is -1.32. The summed E-state index contributed by atoms with van der Waals surface area (Å²) in [5.41, 5.74) is -1.28. The van der Waals surface area contributed by atoms with Crippen LogP contribution in [0.4, 0.5) is 14.5 Å². The fraction of sp³-hybridized carbons (Fsp3) is 0.0769. The zero-order valence-electron chi connectivity index (χ0n) is 12.4. The second kappa shape index (κ2) is 7.61. The molecule has 0 unspecified atom stereocenters. The van der Waals surface area contributed by atoms with E-state index in [-0.39, 0.29) is 15.6 Å². The van der Waals surface area contributed by atoms with Crippen molar-refractivity contribution >= 4 is 40.7 Å². The van der Waals surface area contributed by atoms with Gasteiger partial charge in [-0.05, 0) is 11.8 Å². The zero-order valence-corrected chi connectivity index (χ0v) is 13.2. The van der Waals surface area contributed by atoms with Crippen molar-refractivity contribution in [3.8, 4) is 0 Å². The fourth-order valence-electron chi connectivity index (χ4n) is 1.58. The predicted octanol–water partition coefficient (Wildman–Crippen LogP) is 1.48. The Balaban J connectivity index is 2.19. The second-order valence-electron chi connectivity index (χ2n) is 4.32. The van der Waals surface area contributed by atoms with Crippen LogP contribution in [0, 0.1) is 21.7 Å². The highest BCUT2D eigenvalue weighted by Gasteiger charge is 2.25. The van der Waals surface area contributed by atoms with E-state index in [0.29, 0.717) is 12.1 Å². The third-order valence-corrected chi connectivity index (χ3v) is 3.61. The number of benzene rings is 1. The molecule has 1 N–H and O–H groups in total. The van der Waals surface area contributed by atoms with Crippen LogP contribution in [-0.4, -0.2) is 35.3 Å². The summed E-state index contributed by atoms with van der Waals surface area (Å²) >= 11 is 0.786. The number of hydrogen-bond acceptors (Lipinski definition) is 8. The normalized spacial score (nSPS) is 17.3. The van der Waals surface area contributed by atoms with Crippen LogP contribution >= 0.6 is 11.8 Å². The lowest BCUT2D eigenvalue weighted by atomic mass is 10.2. The van der Waals surface area contributed by atoms with Gasteiger partial charge in [-0.15, -0.1) is 5.10 Å². The van der Waals surface area contributed by atoms with Crippen LogP contribution in [0.15, 0.2) is 33.3 Å². The molecule has 1 aromatic carbocycles. The van der Waals surface area contributed by atoms with Crippen molar-refractivity contribution in [3.63, 3.8) is 0 Å². The molecule has 0 spiro atoms. The molecular formula is C13H8F2N4O5S. The average Bonchev–Trinajstić information content (AvgIpc) is 2.88. The van der Waals surface area contributed by atoms with Crippen LogP contribution in [0.2, 0.25) is 0 Å². The number of esters is 1. The summed E-state index contributed by atoms with van der Waals surface area (Å²) in [5.74, 6) is -3.72. The number of hydrogen-bond donors (Lipinski definition) is 1. The maximum atomic E-state index is 13.6. The minimum Gasteiger partial charge on any atom is -0.466 e. The maximum Gasteiger partial charge on any atom is 0.331 e. The number of rotatable bonds is 4. The van der Waals surface area contributed by atoms with Crippen molar-refractivity contribution in [3.05, 3.63) is 50.4 Å². The van der Waals surface area contributed by atoms with E-state index in [1.54, 1.807) is 0 Å². The largest absolute Gasteiger partial charge is 0.466 e. The number of nitrogens with one attached hydrogen (secondary N) is 1. The van der Waals surface area contributed by atoms with Crippen molar-refractivity contribution in [2.45, 2.75) is 0 Å². The van der Waals surface area contributed by atoms with E-state index in [9.17, 15) is 28.5 Å². The number of ether oxygens (including phenoxy) is 1. The Morgan fingerprint density at radius 1 is 1.40 bits per heavy atom. The van der Waals surface area contributed by atoms with E-state index >= 15 is 0 Å². The number of carbonyl (C=O) groups excluding carboxylic acids is 2. The average molecular weight is 370 g/mol. The van der Waals surface area contributed by atoms with Gasteiger partial charge in [-0.3, -0.25) is 20.2 Å². The van der Waals surface area contributed by atoms with E-state index in [4.69, 9.17) is 0 Å². The molecule has 0 aliphatic carbocycles. The maximum absolute atomic E-state index is 13.6. The van der Waals surface area contributed by atoms with Crippen LogP contribution in [-0.2, 0) is 14.3 Å². The second-order valence-corrected chi connectivity index (χ2v) is 5.35. The highest BCUT2D eigenvalue weighted by atomic mass is 32.2. The van der Waals surface area contributed by atoms with Crippen molar-refractivity contribution in [2.24, 2.45) is 10.2 Å². The molecule has 130 valence electrons. The monoisotopic (exact) mass is 370 g/mol. The Kier molecular flexibility index (Phi) is 5.54. The molecule has 1 amide bonds. The lowest BCUT2D eigenvalue weighted by molar-refractivity contribution is -0.387. The molecule has 1 aromatic rings. The van der Waals surface area contributed by atoms with Gasteiger partial charge in [0.05, 0.1) is 23.2 Å². The highest BCUT2D eigenvalue weighted by molar-refractivity contribution is 8.18. The van der Waals surface area contributed by atoms with Crippen molar-refractivity contribution in [1.29, 1.82) is 0 Å². The molecule has 1 aliphatic heterocycles. The first kappa shape index (κ1) is 18.2. The Labute approximate surface area is 142 Å². The topological polar surface area (TPSA) is 123 Å². The van der Waals surface area contributed by atoms with Gasteiger partial charge in [0.1, 0.15) is 5.82 Å². The summed E-state index contributed by atoms with van der Waals surface area (Å²) in [6.07, 6.45) is 1.78. The van der Waals surface area contributed by atoms with Gasteiger partial charge in [0, 0.05) is 23.8 Å². The number of amidine groups is 1. The molecule has 25 heavy (non-hydrogen) atoms. The number of thioether (sulfide) groups is 1. The molecule has 0 bridgehead atoms. The molecule has 0 atom stereocenters. The first-order chi connectivity index (χ1) is 11.8. The summed E-state index contributed by atoms with van der Waals surface area (Å²) in [4.78, 5) is 32.3. The minimum absolute atomic E-state index is 0.00609. The van der Waals surface area contributed by atoms with E-state index in [0.717, 1.165) is 31.2 Å². The van der Waals surface area contributed by atoms with Gasteiger partial charge in [-0.2, -0.15) is 9.49 Å². The molecule has 9 nitrogen and oxygen atoms in total. The molecule has 0 saturated carbocycles. The summed E-state index contributed by atoms with van der Waals surface area (Å²) < 4.78 is 31.2. The Morgan fingerprint density at radius 3 is 2.76 bits per heavy atom. The SMILES string of the molecule is COC(=O)/C=C1/S/C(=N\N=Cc2cc([N+](=O)[O-])c(F)cc2F)NC1=O. The third-order valence-electron chi connectivity index (χ3n) is 2.71. The zero-order chi connectivity index (χ0) is 18.6. The summed E-state index contributed by atoms with van der Waals surface area (Å²) in [6.45, 7) is 0. The first-order valence-electron chi connectivity index (χ1n) is 6.35. The molecule has 1 aliphatic rings. The molecule has 2 rings (SSSR count). The Hall–Kier alpha value is -3.15. The molecule has 0 radical (unpaired) electrons. The van der Waals surface area contributed by atoms with Gasteiger partial charge in [-0.25, -0.2) is 9.18 Å². The van der Waals surface area contributed by atoms with Gasteiger partial charge in [-0.1, -0.05) is 0 Å². The van der Waals surface area contributed by atoms with Crippen molar-refractivity contribution in [2.75, 3.05) is 7.11 Å². The molecule has 0 aromatic heterocycles. The van der Waals surface area contributed by atoms with Gasteiger partial charge >= 0.3 is 11.7 Å². The molecule has 1 fully saturated rings. The number of nitro groups is 1. The molecule has 1 saturated heterocycles. The van der Waals surface area contributed by atoms with Crippen molar-refractivity contribution in [1.82, 2.24) is 5.32 Å². The number of methoxy groups -OCH3 is 1. The number of nitrogens with zero attached hydrogens (tertiary/aromatic N) is 3. The van der Waals surface area contributed by atoms with E-state index in [1.807, 2.05) is 0 Å². The summed E-state index contributed by atoms with van der Waals surface area (Å²) in [7, 11) is 1.15. The summed E-state index contributed by atoms with van der Waals surface area (Å²) in [5, 5.41) is 20.0. The third kappa shape index (κ3) is 4.44. The smallest absolute Gasteiger partial charge is 0.331 e. The highest BCUT2D eigenvalue weighted by Crippen LogP contribution is 2.24. The van der Waals surface area contributed by atoms with Crippen molar-refractivity contribution < 1.29 is 28.0 Å². The number of halogens is 2. The number of amides is 1. The van der Waals surface area contributed by atoms with E-state index in [1.165, 1.54) is 0 Å². The van der Waals surface area contributed by atoms with Crippen LogP contribution in [0.3, 0.4) is 0 Å². The standard InChI is InChI=1S/C13H8F2N4O5S/c1-24-11(20)4-10-12(21)17-13(25-10)18-16-5-6-2-9(19(22)23)8(15)3-7(6)14/h2-5H,1H3,(H,17,18,21)/b10-4+,16-5?. The van der Waals surface area contributed by atoms with Crippen LogP contribution < -0.4 is 5.32 Å². The van der Waals surface area contributed by atoms with Gasteiger partial charge in [0.2, 0.25) is 5.82 Å². The van der Waals surface area contributed by atoms with Crippen LogP contribution in [0.25, 0.3) is 0 Å². The number of nitro benzene ring substituents is 1. The van der Waals surface area contributed by atoms with Gasteiger partial charge in [0.15, 0.2) is 5.17 Å². The molecule has 12 heteroatoms. The predicted molar refractivity (Wildman–Crippen MR) is 83.9 cm³/mol.